The Balaban J connectivity index is 0.989. The summed E-state index contributed by atoms with van der Waals surface area (Å²) in [5, 5.41) is 2.32. The summed E-state index contributed by atoms with van der Waals surface area (Å²) in [6, 6.07) is 75.1. The van der Waals surface area contributed by atoms with Gasteiger partial charge in [0.15, 0.2) is 17.5 Å². The number of ether oxygens (including phenoxy) is 1. The molecule has 0 fully saturated rings. The predicted molar refractivity (Wildman–Crippen MR) is 242 cm³/mol. The van der Waals surface area contributed by atoms with Crippen molar-refractivity contribution in [3.8, 4) is 79.0 Å². The first-order valence-electron chi connectivity index (χ1n) is 20.3. The summed E-state index contributed by atoms with van der Waals surface area (Å²) in [5.41, 5.74) is 14.2. The van der Waals surface area contributed by atoms with Gasteiger partial charge in [-0.05, 0) is 85.6 Å². The van der Waals surface area contributed by atoms with Crippen molar-refractivity contribution in [2.45, 2.75) is 5.41 Å². The molecule has 12 rings (SSSR count). The Morgan fingerprint density at radius 3 is 1.52 bits per heavy atom. The number of rotatable bonds is 5. The minimum absolute atomic E-state index is 0.520. The van der Waals surface area contributed by atoms with E-state index in [1.54, 1.807) is 0 Å². The highest BCUT2D eigenvalue weighted by molar-refractivity contribution is 5.97. The molecule has 1 aliphatic carbocycles. The molecule has 0 saturated heterocycles. The summed E-state index contributed by atoms with van der Waals surface area (Å²) >= 11 is 0. The van der Waals surface area contributed by atoms with Crippen molar-refractivity contribution in [3.63, 3.8) is 0 Å². The summed E-state index contributed by atoms with van der Waals surface area (Å²) in [4.78, 5) is 15.2. The van der Waals surface area contributed by atoms with Crippen LogP contribution in [0.1, 0.15) is 22.3 Å². The van der Waals surface area contributed by atoms with Crippen molar-refractivity contribution in [2.75, 3.05) is 0 Å². The van der Waals surface area contributed by atoms with Crippen molar-refractivity contribution >= 4 is 10.8 Å². The van der Waals surface area contributed by atoms with Crippen LogP contribution in [0, 0.1) is 0 Å². The number of aromatic nitrogens is 3. The van der Waals surface area contributed by atoms with Crippen LogP contribution in [0.3, 0.4) is 0 Å². The Labute approximate surface area is 348 Å². The van der Waals surface area contributed by atoms with Crippen molar-refractivity contribution in [3.05, 3.63) is 235 Å². The Bertz CT molecular complexity index is 3270. The predicted octanol–water partition coefficient (Wildman–Crippen LogP) is 13.8. The van der Waals surface area contributed by atoms with Gasteiger partial charge in [0.2, 0.25) is 0 Å². The van der Waals surface area contributed by atoms with E-state index in [1.165, 1.54) is 33.2 Å². The van der Waals surface area contributed by atoms with Gasteiger partial charge in [-0.15, -0.1) is 0 Å². The molecule has 0 N–H and O–H groups in total. The second-order valence-electron chi connectivity index (χ2n) is 15.5. The Morgan fingerprint density at radius 1 is 0.300 bits per heavy atom. The van der Waals surface area contributed by atoms with Crippen LogP contribution < -0.4 is 4.74 Å². The highest BCUT2D eigenvalue weighted by atomic mass is 16.5. The van der Waals surface area contributed by atoms with Crippen LogP contribution in [0.25, 0.3) is 78.3 Å². The largest absolute Gasteiger partial charge is 0.457 e. The average Bonchev–Trinajstić information content (AvgIpc) is 3.62. The number of fused-ring (bicyclic) bond motifs is 10. The number of hydrogen-bond acceptors (Lipinski definition) is 4. The molecule has 60 heavy (non-hydrogen) atoms. The molecule has 1 aliphatic heterocycles. The van der Waals surface area contributed by atoms with Crippen LogP contribution >= 0.6 is 0 Å². The average molecular weight is 766 g/mol. The molecule has 9 aromatic carbocycles. The number of nitrogens with zero attached hydrogens (tertiary/aromatic N) is 3. The van der Waals surface area contributed by atoms with E-state index in [0.29, 0.717) is 17.5 Å². The molecular weight excluding hydrogens is 731 g/mol. The van der Waals surface area contributed by atoms with Gasteiger partial charge in [-0.2, -0.15) is 0 Å². The van der Waals surface area contributed by atoms with E-state index in [9.17, 15) is 0 Å². The molecule has 4 heteroatoms. The number of hydrogen-bond donors (Lipinski definition) is 0. The maximum Gasteiger partial charge on any atom is 0.164 e. The molecule has 0 saturated carbocycles. The van der Waals surface area contributed by atoms with Gasteiger partial charge >= 0.3 is 0 Å². The minimum Gasteiger partial charge on any atom is -0.457 e. The molecule has 0 amide bonds. The van der Waals surface area contributed by atoms with E-state index in [0.717, 1.165) is 61.4 Å². The Kier molecular flexibility index (Phi) is 7.72. The molecule has 280 valence electrons. The first-order chi connectivity index (χ1) is 29.7. The summed E-state index contributed by atoms with van der Waals surface area (Å²) < 4.78 is 6.58. The van der Waals surface area contributed by atoms with Crippen LogP contribution in [0.2, 0.25) is 0 Å². The molecule has 2 heterocycles. The fourth-order valence-electron chi connectivity index (χ4n) is 9.53. The highest BCUT2D eigenvalue weighted by Gasteiger charge is 2.51. The van der Waals surface area contributed by atoms with Gasteiger partial charge in [0.05, 0.1) is 5.41 Å². The zero-order valence-electron chi connectivity index (χ0n) is 32.5. The van der Waals surface area contributed by atoms with Crippen molar-refractivity contribution in [2.24, 2.45) is 0 Å². The molecule has 10 aromatic rings. The lowest BCUT2D eigenvalue weighted by Crippen LogP contribution is -2.32. The lowest BCUT2D eigenvalue weighted by Gasteiger charge is -2.39. The molecule has 4 nitrogen and oxygen atoms in total. The Hall–Kier alpha value is -7.95. The third kappa shape index (κ3) is 5.28. The lowest BCUT2D eigenvalue weighted by molar-refractivity contribution is 0.436. The standard InChI is InChI=1S/C56H35N3O/c1-2-16-37(17-3-1)53-57-54(59-55(58-53)43-32-31-36-15-4-5-18-38(36)34-43)42-22-13-20-40(35-42)39-19-12-21-41(33-39)44-24-14-28-49-52(44)45-23-6-7-25-46(45)56(49)47-26-8-10-29-50(47)60-51-30-11-9-27-48(51)56/h1-35H. The van der Waals surface area contributed by atoms with E-state index >= 15 is 0 Å². The smallest absolute Gasteiger partial charge is 0.164 e. The van der Waals surface area contributed by atoms with Gasteiger partial charge < -0.3 is 4.74 Å². The molecule has 0 bridgehead atoms. The Morgan fingerprint density at radius 2 is 0.783 bits per heavy atom. The van der Waals surface area contributed by atoms with Crippen LogP contribution in [0.15, 0.2) is 212 Å². The molecule has 1 aromatic heterocycles. The van der Waals surface area contributed by atoms with E-state index in [4.69, 9.17) is 19.7 Å². The van der Waals surface area contributed by atoms with E-state index < -0.39 is 5.41 Å². The third-order valence-electron chi connectivity index (χ3n) is 12.2. The molecule has 0 radical (unpaired) electrons. The lowest BCUT2D eigenvalue weighted by atomic mass is 9.66. The van der Waals surface area contributed by atoms with Gasteiger partial charge in [0.1, 0.15) is 11.5 Å². The molecular formula is C56H35N3O. The van der Waals surface area contributed by atoms with Gasteiger partial charge in [-0.25, -0.2) is 15.0 Å². The zero-order chi connectivity index (χ0) is 39.6. The van der Waals surface area contributed by atoms with Crippen molar-refractivity contribution in [1.29, 1.82) is 0 Å². The van der Waals surface area contributed by atoms with Crippen LogP contribution in [-0.2, 0) is 5.41 Å². The molecule has 0 atom stereocenters. The van der Waals surface area contributed by atoms with Crippen LogP contribution in [0.4, 0.5) is 0 Å². The highest BCUT2D eigenvalue weighted by Crippen LogP contribution is 2.63. The fourth-order valence-corrected chi connectivity index (χ4v) is 9.53. The van der Waals surface area contributed by atoms with Crippen molar-refractivity contribution in [1.82, 2.24) is 15.0 Å². The second-order valence-corrected chi connectivity index (χ2v) is 15.5. The molecule has 0 unspecified atom stereocenters. The minimum atomic E-state index is -0.520. The van der Waals surface area contributed by atoms with Gasteiger partial charge in [-0.3, -0.25) is 0 Å². The van der Waals surface area contributed by atoms with Crippen LogP contribution in [-0.4, -0.2) is 15.0 Å². The van der Waals surface area contributed by atoms with Gasteiger partial charge in [-0.1, -0.05) is 182 Å². The third-order valence-corrected chi connectivity index (χ3v) is 12.2. The van der Waals surface area contributed by atoms with E-state index in [2.05, 4.69) is 182 Å². The summed E-state index contributed by atoms with van der Waals surface area (Å²) in [6.07, 6.45) is 0. The second kappa shape index (κ2) is 13.6. The summed E-state index contributed by atoms with van der Waals surface area (Å²) in [6.45, 7) is 0. The maximum atomic E-state index is 6.58. The van der Waals surface area contributed by atoms with E-state index in [-0.39, 0.29) is 0 Å². The maximum absolute atomic E-state index is 6.58. The summed E-state index contributed by atoms with van der Waals surface area (Å²) in [7, 11) is 0. The topological polar surface area (TPSA) is 47.9 Å². The molecule has 1 spiro atoms. The normalized spacial score (nSPS) is 12.9. The van der Waals surface area contributed by atoms with E-state index in [1.807, 2.05) is 30.3 Å². The molecule has 2 aliphatic rings. The van der Waals surface area contributed by atoms with Gasteiger partial charge in [0.25, 0.3) is 0 Å². The SMILES string of the molecule is c1ccc(-c2nc(-c3cccc(-c4cccc(-c5cccc6c5-c5ccccc5C65c6ccccc6Oc6ccccc65)c4)c3)nc(-c3ccc4ccccc4c3)n2)cc1. The monoisotopic (exact) mass is 765 g/mol. The zero-order valence-corrected chi connectivity index (χ0v) is 32.5. The quantitative estimate of drug-likeness (QED) is 0.175. The summed E-state index contributed by atoms with van der Waals surface area (Å²) in [5.74, 6) is 3.70. The van der Waals surface area contributed by atoms with Crippen LogP contribution in [0.5, 0.6) is 11.5 Å². The van der Waals surface area contributed by atoms with Gasteiger partial charge in [0, 0.05) is 27.8 Å². The number of para-hydroxylation sites is 2. The first kappa shape index (κ1) is 34.1. The number of benzene rings is 9. The first-order valence-corrected chi connectivity index (χ1v) is 20.3. The fraction of sp³-hybridized carbons (Fsp3) is 0.0179. The van der Waals surface area contributed by atoms with Crippen molar-refractivity contribution < 1.29 is 4.74 Å².